The predicted molar refractivity (Wildman–Crippen MR) is 46.8 cm³/mol. The molecule has 0 heterocycles. The van der Waals surface area contributed by atoms with E-state index in [-0.39, 0.29) is 5.41 Å². The van der Waals surface area contributed by atoms with Gasteiger partial charge in [0.25, 0.3) is 0 Å². The Morgan fingerprint density at radius 3 is 2.30 bits per heavy atom. The molecule has 0 aliphatic carbocycles. The van der Waals surface area contributed by atoms with Crippen molar-refractivity contribution in [2.24, 2.45) is 11.1 Å². The van der Waals surface area contributed by atoms with Gasteiger partial charge in [-0.2, -0.15) is 0 Å². The summed E-state index contributed by atoms with van der Waals surface area (Å²) in [6.45, 7) is 12.4. The van der Waals surface area contributed by atoms with E-state index in [0.29, 0.717) is 6.54 Å². The number of rotatable bonds is 4. The third-order valence-electron chi connectivity index (χ3n) is 2.25. The molecule has 1 atom stereocenters. The lowest BCUT2D eigenvalue weighted by atomic mass is 9.80. The lowest BCUT2D eigenvalue weighted by molar-refractivity contribution is 0.406. The van der Waals surface area contributed by atoms with E-state index >= 15 is 0 Å². The van der Waals surface area contributed by atoms with E-state index in [1.54, 1.807) is 6.08 Å². The second-order valence-electron chi connectivity index (χ2n) is 2.85. The Morgan fingerprint density at radius 1 is 1.70 bits per heavy atom. The summed E-state index contributed by atoms with van der Waals surface area (Å²) >= 11 is 0. The predicted octanol–water partition coefficient (Wildman–Crippen LogP) is 2.10. The van der Waals surface area contributed by atoms with E-state index < -0.39 is 0 Å². The van der Waals surface area contributed by atoms with Gasteiger partial charge in [-0.3, -0.25) is 0 Å². The monoisotopic (exact) mass is 139 g/mol. The average Bonchev–Trinajstić information content (AvgIpc) is 2.01. The molecule has 1 unspecified atom stereocenters. The van der Waals surface area contributed by atoms with E-state index in [4.69, 9.17) is 5.73 Å². The van der Waals surface area contributed by atoms with Crippen molar-refractivity contribution in [1.29, 1.82) is 0 Å². The molecule has 1 heteroatoms. The fourth-order valence-corrected chi connectivity index (χ4v) is 0.749. The minimum Gasteiger partial charge on any atom is -0.330 e. The van der Waals surface area contributed by atoms with Crippen molar-refractivity contribution in [3.63, 3.8) is 0 Å². The molecule has 0 bridgehead atoms. The number of hydrogen-bond donors (Lipinski definition) is 1. The molecule has 2 N–H and O–H groups in total. The van der Waals surface area contributed by atoms with Gasteiger partial charge in [0, 0.05) is 12.0 Å². The minimum absolute atomic E-state index is 0.0573. The summed E-state index contributed by atoms with van der Waals surface area (Å²) in [4.78, 5) is 0. The molecule has 0 aromatic rings. The molecule has 0 fully saturated rings. The van der Waals surface area contributed by atoms with Crippen molar-refractivity contribution in [2.75, 3.05) is 6.54 Å². The maximum absolute atomic E-state index is 5.59. The Labute approximate surface area is 63.6 Å². The summed E-state index contributed by atoms with van der Waals surface area (Å²) in [7, 11) is 0. The molecular weight excluding hydrogens is 122 g/mol. The van der Waals surface area contributed by atoms with Crippen LogP contribution in [0.15, 0.2) is 24.8 Å². The standard InChI is InChI=1S/C9H17N/c1-5-8(3)9(4,6-2)7-10/h5H,1,3,6-7,10H2,2,4H3. The van der Waals surface area contributed by atoms with Crippen LogP contribution in [0.2, 0.25) is 0 Å². The molecule has 0 saturated carbocycles. The zero-order valence-electron chi connectivity index (χ0n) is 6.98. The highest BCUT2D eigenvalue weighted by atomic mass is 14.6. The van der Waals surface area contributed by atoms with E-state index in [2.05, 4.69) is 27.0 Å². The second-order valence-corrected chi connectivity index (χ2v) is 2.85. The second kappa shape index (κ2) is 3.57. The highest BCUT2D eigenvalue weighted by Gasteiger charge is 2.21. The van der Waals surface area contributed by atoms with Crippen molar-refractivity contribution in [3.05, 3.63) is 24.8 Å². The normalized spacial score (nSPS) is 15.9. The van der Waals surface area contributed by atoms with Crippen LogP contribution in [0.5, 0.6) is 0 Å². The first-order valence-electron chi connectivity index (χ1n) is 3.62. The van der Waals surface area contributed by atoms with Gasteiger partial charge < -0.3 is 5.73 Å². The van der Waals surface area contributed by atoms with Gasteiger partial charge in [-0.1, -0.05) is 33.1 Å². The summed E-state index contributed by atoms with van der Waals surface area (Å²) in [5, 5.41) is 0. The molecular formula is C9H17N. The Bertz CT molecular complexity index is 132. The highest BCUT2D eigenvalue weighted by Crippen LogP contribution is 2.28. The molecule has 1 nitrogen and oxygen atoms in total. The van der Waals surface area contributed by atoms with Gasteiger partial charge in [0.05, 0.1) is 0 Å². The summed E-state index contributed by atoms with van der Waals surface area (Å²) in [6.07, 6.45) is 2.81. The van der Waals surface area contributed by atoms with Gasteiger partial charge in [-0.05, 0) is 12.0 Å². The largest absolute Gasteiger partial charge is 0.330 e. The first kappa shape index (κ1) is 9.44. The van der Waals surface area contributed by atoms with Crippen LogP contribution in [0.25, 0.3) is 0 Å². The van der Waals surface area contributed by atoms with Crippen molar-refractivity contribution in [1.82, 2.24) is 0 Å². The minimum atomic E-state index is 0.0573. The van der Waals surface area contributed by atoms with Crippen LogP contribution in [-0.2, 0) is 0 Å². The lowest BCUT2D eigenvalue weighted by Crippen LogP contribution is -2.27. The number of allylic oxidation sites excluding steroid dienone is 1. The maximum Gasteiger partial charge on any atom is 0.00386 e. The summed E-state index contributed by atoms with van der Waals surface area (Å²) in [5.74, 6) is 0. The number of nitrogens with two attached hydrogens (primary N) is 1. The molecule has 0 radical (unpaired) electrons. The third-order valence-corrected chi connectivity index (χ3v) is 2.25. The van der Waals surface area contributed by atoms with Gasteiger partial charge >= 0.3 is 0 Å². The smallest absolute Gasteiger partial charge is 0.00386 e. The SMILES string of the molecule is C=CC(=C)C(C)(CC)CN. The zero-order chi connectivity index (χ0) is 8.20. The highest BCUT2D eigenvalue weighted by molar-refractivity contribution is 5.20. The van der Waals surface area contributed by atoms with Crippen molar-refractivity contribution in [2.45, 2.75) is 20.3 Å². The quantitative estimate of drug-likeness (QED) is 0.593. The van der Waals surface area contributed by atoms with Crippen molar-refractivity contribution in [3.8, 4) is 0 Å². The average molecular weight is 139 g/mol. The topological polar surface area (TPSA) is 26.0 Å². The molecule has 0 rings (SSSR count). The molecule has 0 aliphatic rings. The van der Waals surface area contributed by atoms with Crippen LogP contribution < -0.4 is 5.73 Å². The van der Waals surface area contributed by atoms with Crippen LogP contribution in [0.1, 0.15) is 20.3 Å². The van der Waals surface area contributed by atoms with E-state index in [1.165, 1.54) is 0 Å². The van der Waals surface area contributed by atoms with Crippen LogP contribution >= 0.6 is 0 Å². The fraction of sp³-hybridized carbons (Fsp3) is 0.556. The van der Waals surface area contributed by atoms with E-state index in [9.17, 15) is 0 Å². The van der Waals surface area contributed by atoms with Crippen molar-refractivity contribution < 1.29 is 0 Å². The molecule has 0 spiro atoms. The molecule has 0 amide bonds. The maximum atomic E-state index is 5.59. The zero-order valence-corrected chi connectivity index (χ0v) is 6.98. The third kappa shape index (κ3) is 1.71. The van der Waals surface area contributed by atoms with Gasteiger partial charge in [0.15, 0.2) is 0 Å². The van der Waals surface area contributed by atoms with Crippen LogP contribution in [-0.4, -0.2) is 6.54 Å². The van der Waals surface area contributed by atoms with Gasteiger partial charge in [0.2, 0.25) is 0 Å². The Hall–Kier alpha value is -0.560. The summed E-state index contributed by atoms with van der Waals surface area (Å²) < 4.78 is 0. The molecule has 58 valence electrons. The van der Waals surface area contributed by atoms with Crippen molar-refractivity contribution >= 4 is 0 Å². The Balaban J connectivity index is 4.31. The van der Waals surface area contributed by atoms with Crippen LogP contribution in [0.3, 0.4) is 0 Å². The van der Waals surface area contributed by atoms with Gasteiger partial charge in [0.1, 0.15) is 0 Å². The molecule has 0 aromatic heterocycles. The molecule has 0 aliphatic heterocycles. The van der Waals surface area contributed by atoms with Gasteiger partial charge in [-0.15, -0.1) is 0 Å². The van der Waals surface area contributed by atoms with E-state index in [1.807, 2.05) is 0 Å². The van der Waals surface area contributed by atoms with Crippen LogP contribution in [0, 0.1) is 5.41 Å². The first-order valence-corrected chi connectivity index (χ1v) is 3.62. The van der Waals surface area contributed by atoms with Gasteiger partial charge in [-0.25, -0.2) is 0 Å². The van der Waals surface area contributed by atoms with Crippen LogP contribution in [0.4, 0.5) is 0 Å². The fourth-order valence-electron chi connectivity index (χ4n) is 0.749. The summed E-state index contributed by atoms with van der Waals surface area (Å²) in [5.41, 5.74) is 6.68. The molecule has 10 heavy (non-hydrogen) atoms. The van der Waals surface area contributed by atoms with E-state index in [0.717, 1.165) is 12.0 Å². The Kier molecular flexibility index (Phi) is 3.37. The summed E-state index contributed by atoms with van der Waals surface area (Å²) in [6, 6.07) is 0. The molecule has 0 aromatic carbocycles. The molecule has 0 saturated heterocycles. The number of hydrogen-bond acceptors (Lipinski definition) is 1. The first-order chi connectivity index (χ1) is 4.60. The lowest BCUT2D eigenvalue weighted by Gasteiger charge is -2.26. The Morgan fingerprint density at radius 2 is 2.20 bits per heavy atom.